The van der Waals surface area contributed by atoms with E-state index in [0.717, 1.165) is 40.1 Å². The van der Waals surface area contributed by atoms with Crippen LogP contribution in [0.5, 0.6) is 0 Å². The summed E-state index contributed by atoms with van der Waals surface area (Å²) in [5.41, 5.74) is 2.78. The maximum absolute atomic E-state index is 14.1. The van der Waals surface area contributed by atoms with Gasteiger partial charge in [-0.15, -0.1) is 0 Å². The molecule has 3 rings (SSSR count). The molecule has 0 saturated carbocycles. The third-order valence-corrected chi connectivity index (χ3v) is 8.07. The molecule has 0 radical (unpaired) electrons. The third-order valence-electron chi connectivity index (χ3n) is 6.39. The molecular formula is C30H35Cl2N3O4S. The molecule has 10 heteroatoms. The number of aryl methyl sites for hydroxylation is 1. The van der Waals surface area contributed by atoms with Gasteiger partial charge in [0.15, 0.2) is 0 Å². The Morgan fingerprint density at radius 2 is 1.65 bits per heavy atom. The predicted molar refractivity (Wildman–Crippen MR) is 162 cm³/mol. The number of hydrogen-bond acceptors (Lipinski definition) is 4. The molecule has 0 fully saturated rings. The number of carbonyl (C=O) groups is 2. The van der Waals surface area contributed by atoms with Gasteiger partial charge in [0, 0.05) is 24.5 Å². The molecule has 40 heavy (non-hydrogen) atoms. The lowest BCUT2D eigenvalue weighted by atomic mass is 10.0. The van der Waals surface area contributed by atoms with Gasteiger partial charge in [-0.3, -0.25) is 13.9 Å². The minimum atomic E-state index is -3.95. The van der Waals surface area contributed by atoms with E-state index in [1.54, 1.807) is 0 Å². The first-order chi connectivity index (χ1) is 19.0. The highest BCUT2D eigenvalue weighted by atomic mass is 35.5. The maximum Gasteiger partial charge on any atom is 0.244 e. The normalized spacial score (nSPS) is 12.0. The maximum atomic E-state index is 14.1. The van der Waals surface area contributed by atoms with Crippen molar-refractivity contribution in [2.24, 2.45) is 0 Å². The van der Waals surface area contributed by atoms with Crippen LogP contribution in [-0.2, 0) is 32.6 Å². The van der Waals surface area contributed by atoms with E-state index < -0.39 is 28.5 Å². The van der Waals surface area contributed by atoms with Crippen molar-refractivity contribution in [3.05, 3.63) is 99.5 Å². The molecular weight excluding hydrogens is 569 g/mol. The van der Waals surface area contributed by atoms with Gasteiger partial charge < -0.3 is 10.2 Å². The number of sulfonamides is 1. The Labute approximate surface area is 247 Å². The van der Waals surface area contributed by atoms with Crippen LogP contribution in [0.15, 0.2) is 72.8 Å². The summed E-state index contributed by atoms with van der Waals surface area (Å²) in [6.45, 7) is 4.00. The summed E-state index contributed by atoms with van der Waals surface area (Å²) in [7, 11) is -3.95. The van der Waals surface area contributed by atoms with E-state index in [-0.39, 0.29) is 34.6 Å². The second-order valence-electron chi connectivity index (χ2n) is 9.73. The van der Waals surface area contributed by atoms with E-state index >= 15 is 0 Å². The number of amides is 2. The first-order valence-corrected chi connectivity index (χ1v) is 15.7. The number of benzene rings is 3. The topological polar surface area (TPSA) is 86.8 Å². The van der Waals surface area contributed by atoms with Crippen LogP contribution in [0.25, 0.3) is 0 Å². The van der Waals surface area contributed by atoms with Crippen molar-refractivity contribution >= 4 is 50.7 Å². The molecule has 214 valence electrons. The third kappa shape index (κ3) is 8.98. The lowest BCUT2D eigenvalue weighted by Gasteiger charge is -2.33. The van der Waals surface area contributed by atoms with Gasteiger partial charge in [0.25, 0.3) is 0 Å². The van der Waals surface area contributed by atoms with Crippen molar-refractivity contribution in [1.82, 2.24) is 10.2 Å². The van der Waals surface area contributed by atoms with E-state index in [1.807, 2.05) is 68.4 Å². The number of unbranched alkanes of at least 4 members (excludes halogenated alkanes) is 1. The highest BCUT2D eigenvalue weighted by Gasteiger charge is 2.33. The summed E-state index contributed by atoms with van der Waals surface area (Å²) in [6, 6.07) is 20.6. The Morgan fingerprint density at radius 3 is 2.30 bits per heavy atom. The molecule has 0 aliphatic carbocycles. The van der Waals surface area contributed by atoms with Crippen molar-refractivity contribution in [1.29, 1.82) is 0 Å². The van der Waals surface area contributed by atoms with Gasteiger partial charge in [0.2, 0.25) is 21.8 Å². The van der Waals surface area contributed by atoms with Crippen LogP contribution in [0.2, 0.25) is 10.0 Å². The van der Waals surface area contributed by atoms with Gasteiger partial charge in [0.05, 0.1) is 17.0 Å². The Hall–Kier alpha value is -3.07. The van der Waals surface area contributed by atoms with Crippen LogP contribution in [0.4, 0.5) is 5.69 Å². The molecule has 3 aromatic rings. The summed E-state index contributed by atoms with van der Waals surface area (Å²) >= 11 is 12.5. The van der Waals surface area contributed by atoms with E-state index in [2.05, 4.69) is 5.32 Å². The fraction of sp³-hybridized carbons (Fsp3) is 0.333. The van der Waals surface area contributed by atoms with Crippen molar-refractivity contribution in [3.63, 3.8) is 0 Å². The molecule has 0 aliphatic rings. The van der Waals surface area contributed by atoms with Gasteiger partial charge in [-0.1, -0.05) is 96.7 Å². The van der Waals surface area contributed by atoms with E-state index in [9.17, 15) is 18.0 Å². The number of hydrogen-bond donors (Lipinski definition) is 1. The van der Waals surface area contributed by atoms with Gasteiger partial charge in [0.1, 0.15) is 12.6 Å². The number of nitrogens with one attached hydrogen (secondary N) is 1. The van der Waals surface area contributed by atoms with Crippen molar-refractivity contribution < 1.29 is 18.0 Å². The largest absolute Gasteiger partial charge is 0.354 e. The number of anilines is 1. The fourth-order valence-electron chi connectivity index (χ4n) is 4.34. The minimum absolute atomic E-state index is 0.0903. The van der Waals surface area contributed by atoms with Gasteiger partial charge >= 0.3 is 0 Å². The second-order valence-corrected chi connectivity index (χ2v) is 12.5. The summed E-state index contributed by atoms with van der Waals surface area (Å²) in [6.07, 6.45) is 2.96. The molecule has 0 spiro atoms. The Balaban J connectivity index is 2.06. The van der Waals surface area contributed by atoms with Crippen molar-refractivity contribution in [2.45, 2.75) is 45.7 Å². The number of rotatable bonds is 13. The van der Waals surface area contributed by atoms with Crippen LogP contribution >= 0.6 is 23.2 Å². The number of halogens is 2. The highest BCUT2D eigenvalue weighted by Crippen LogP contribution is 2.31. The molecule has 0 aliphatic heterocycles. The molecule has 3 aromatic carbocycles. The van der Waals surface area contributed by atoms with Crippen LogP contribution in [0, 0.1) is 6.92 Å². The van der Waals surface area contributed by atoms with Crippen LogP contribution in [0.1, 0.15) is 36.5 Å². The van der Waals surface area contributed by atoms with Crippen LogP contribution < -0.4 is 9.62 Å². The summed E-state index contributed by atoms with van der Waals surface area (Å²) in [5.74, 6) is -0.848. The minimum Gasteiger partial charge on any atom is -0.354 e. The standard InChI is InChI=1S/C30H35Cl2N3O4S/c1-4-5-16-33-30(37)28(18-23-11-7-6-8-12-23)34(20-24-13-9-10-22(2)17-24)29(36)21-35(40(3,38)39)27-19-25(31)14-15-26(27)32/h6-15,17,19,28H,4-5,16,18,20-21H2,1-3H3,(H,33,37). The molecule has 2 amide bonds. The Bertz CT molecular complexity index is 1420. The molecule has 1 atom stereocenters. The second kappa shape index (κ2) is 14.5. The average Bonchev–Trinajstić information content (AvgIpc) is 2.90. The first kappa shape index (κ1) is 31.5. The summed E-state index contributed by atoms with van der Waals surface area (Å²) in [4.78, 5) is 29.1. The molecule has 0 saturated heterocycles. The van der Waals surface area contributed by atoms with Crippen molar-refractivity contribution in [2.75, 3.05) is 23.7 Å². The summed E-state index contributed by atoms with van der Waals surface area (Å²) < 4.78 is 26.7. The zero-order valence-corrected chi connectivity index (χ0v) is 25.3. The van der Waals surface area contributed by atoms with Crippen LogP contribution in [0.3, 0.4) is 0 Å². The van der Waals surface area contributed by atoms with E-state index in [4.69, 9.17) is 23.2 Å². The van der Waals surface area contributed by atoms with E-state index in [0.29, 0.717) is 6.54 Å². The molecule has 1 N–H and O–H groups in total. The van der Waals surface area contributed by atoms with E-state index in [1.165, 1.54) is 23.1 Å². The van der Waals surface area contributed by atoms with Crippen molar-refractivity contribution in [3.8, 4) is 0 Å². The van der Waals surface area contributed by atoms with Crippen LogP contribution in [-0.4, -0.2) is 50.5 Å². The molecule has 0 aromatic heterocycles. The van der Waals surface area contributed by atoms with Gasteiger partial charge in [-0.25, -0.2) is 8.42 Å². The SMILES string of the molecule is CCCCNC(=O)C(Cc1ccccc1)N(Cc1cccc(C)c1)C(=O)CN(c1cc(Cl)ccc1Cl)S(C)(=O)=O. The smallest absolute Gasteiger partial charge is 0.244 e. The Kier molecular flexibility index (Phi) is 11.4. The monoisotopic (exact) mass is 603 g/mol. The number of carbonyl (C=O) groups excluding carboxylic acids is 2. The zero-order valence-electron chi connectivity index (χ0n) is 22.9. The molecule has 0 heterocycles. The predicted octanol–water partition coefficient (Wildman–Crippen LogP) is 5.62. The van der Waals surface area contributed by atoms with Gasteiger partial charge in [-0.05, 0) is 42.7 Å². The van der Waals surface area contributed by atoms with Gasteiger partial charge in [-0.2, -0.15) is 0 Å². The fourth-order valence-corrected chi connectivity index (χ4v) is 5.63. The lowest BCUT2D eigenvalue weighted by Crippen LogP contribution is -2.53. The highest BCUT2D eigenvalue weighted by molar-refractivity contribution is 7.92. The quantitative estimate of drug-likeness (QED) is 0.257. The average molecular weight is 605 g/mol. The molecule has 7 nitrogen and oxygen atoms in total. The lowest BCUT2D eigenvalue weighted by molar-refractivity contribution is -0.140. The Morgan fingerprint density at radius 1 is 0.950 bits per heavy atom. The first-order valence-electron chi connectivity index (χ1n) is 13.1. The summed E-state index contributed by atoms with van der Waals surface area (Å²) in [5, 5.41) is 3.37. The molecule has 0 bridgehead atoms. The zero-order chi connectivity index (χ0) is 29.3. The molecule has 1 unspecified atom stereocenters. The number of nitrogens with zero attached hydrogens (tertiary/aromatic N) is 2.